The van der Waals surface area contributed by atoms with E-state index in [0.29, 0.717) is 6.07 Å². The third-order valence-corrected chi connectivity index (χ3v) is 3.54. The minimum Gasteiger partial charge on any atom is -0.307 e. The van der Waals surface area contributed by atoms with E-state index in [1.54, 1.807) is 0 Å². The molecule has 18 heavy (non-hydrogen) atoms. The lowest BCUT2D eigenvalue weighted by molar-refractivity contribution is -0.138. The standard InChI is InChI=1S/C10H6BrF3N2O2/c1-3-6(11)5(10(12,13)14)2-4-7(3)15-9(18)16-8(4)17/h2H,1H3,(H2,15,16,17,18). The van der Waals surface area contributed by atoms with E-state index < -0.39 is 23.0 Å². The van der Waals surface area contributed by atoms with Crippen LogP contribution in [-0.2, 0) is 6.18 Å². The maximum atomic E-state index is 12.8. The summed E-state index contributed by atoms with van der Waals surface area (Å²) < 4.78 is 38.1. The predicted octanol–water partition coefficient (Wildman–Crippen LogP) is 2.31. The number of hydrogen-bond donors (Lipinski definition) is 2. The summed E-state index contributed by atoms with van der Waals surface area (Å²) in [5.41, 5.74) is -2.33. The fourth-order valence-electron chi connectivity index (χ4n) is 1.66. The van der Waals surface area contributed by atoms with E-state index in [9.17, 15) is 22.8 Å². The lowest BCUT2D eigenvalue weighted by atomic mass is 10.1. The number of benzene rings is 1. The molecule has 0 aliphatic heterocycles. The first-order chi connectivity index (χ1) is 8.21. The number of halogens is 4. The van der Waals surface area contributed by atoms with Gasteiger partial charge in [-0.1, -0.05) is 0 Å². The van der Waals surface area contributed by atoms with Crippen LogP contribution in [-0.4, -0.2) is 9.97 Å². The van der Waals surface area contributed by atoms with Crippen molar-refractivity contribution in [3.63, 3.8) is 0 Å². The lowest BCUT2D eigenvalue weighted by Crippen LogP contribution is -2.23. The van der Waals surface area contributed by atoms with Crippen molar-refractivity contribution in [1.82, 2.24) is 9.97 Å². The van der Waals surface area contributed by atoms with Crippen LogP contribution in [0.15, 0.2) is 20.1 Å². The van der Waals surface area contributed by atoms with Crippen molar-refractivity contribution in [3.05, 3.63) is 42.5 Å². The number of hydrogen-bond acceptors (Lipinski definition) is 2. The molecule has 0 radical (unpaired) electrons. The molecule has 2 rings (SSSR count). The molecule has 1 aromatic carbocycles. The maximum Gasteiger partial charge on any atom is 0.417 e. The molecule has 1 heterocycles. The highest BCUT2D eigenvalue weighted by Gasteiger charge is 2.34. The van der Waals surface area contributed by atoms with Crippen molar-refractivity contribution in [2.24, 2.45) is 0 Å². The minimum atomic E-state index is -4.58. The molecule has 2 aromatic rings. The van der Waals surface area contributed by atoms with Crippen LogP contribution in [0.25, 0.3) is 10.9 Å². The van der Waals surface area contributed by atoms with Gasteiger partial charge in [-0.2, -0.15) is 13.2 Å². The Labute approximate surface area is 106 Å². The Bertz CT molecular complexity index is 746. The van der Waals surface area contributed by atoms with Gasteiger partial charge in [-0.3, -0.25) is 9.78 Å². The van der Waals surface area contributed by atoms with Gasteiger partial charge in [0.1, 0.15) is 0 Å². The van der Waals surface area contributed by atoms with Crippen molar-refractivity contribution < 1.29 is 13.2 Å². The molecule has 8 heteroatoms. The molecule has 0 saturated carbocycles. The van der Waals surface area contributed by atoms with Crippen molar-refractivity contribution in [1.29, 1.82) is 0 Å². The Kier molecular flexibility index (Phi) is 2.84. The number of aromatic amines is 2. The highest BCUT2D eigenvalue weighted by molar-refractivity contribution is 9.10. The van der Waals surface area contributed by atoms with Crippen LogP contribution >= 0.6 is 15.9 Å². The highest BCUT2D eigenvalue weighted by atomic mass is 79.9. The van der Waals surface area contributed by atoms with Crippen LogP contribution in [0.5, 0.6) is 0 Å². The molecule has 0 spiro atoms. The van der Waals surface area contributed by atoms with Gasteiger partial charge in [-0.05, 0) is 34.5 Å². The van der Waals surface area contributed by atoms with Gasteiger partial charge in [0.05, 0.1) is 16.5 Å². The molecule has 0 saturated heterocycles. The molecular weight excluding hydrogens is 317 g/mol. The quantitative estimate of drug-likeness (QED) is 0.781. The van der Waals surface area contributed by atoms with Crippen LogP contribution in [0.3, 0.4) is 0 Å². The lowest BCUT2D eigenvalue weighted by Gasteiger charge is -2.12. The second kappa shape index (κ2) is 3.98. The van der Waals surface area contributed by atoms with E-state index in [4.69, 9.17) is 0 Å². The molecule has 0 fully saturated rings. The van der Waals surface area contributed by atoms with Crippen LogP contribution in [0, 0.1) is 6.92 Å². The van der Waals surface area contributed by atoms with Gasteiger partial charge in [0, 0.05) is 4.47 Å². The summed E-state index contributed by atoms with van der Waals surface area (Å²) in [6.45, 7) is 1.39. The summed E-state index contributed by atoms with van der Waals surface area (Å²) in [6, 6.07) is 0.710. The number of rotatable bonds is 0. The fraction of sp³-hybridized carbons (Fsp3) is 0.200. The third kappa shape index (κ3) is 1.96. The summed E-state index contributed by atoms with van der Waals surface area (Å²) in [7, 11) is 0. The van der Waals surface area contributed by atoms with Crippen molar-refractivity contribution >= 4 is 26.8 Å². The Morgan fingerprint density at radius 2 is 1.83 bits per heavy atom. The molecule has 4 nitrogen and oxygen atoms in total. The van der Waals surface area contributed by atoms with E-state index in [2.05, 4.69) is 20.9 Å². The summed E-state index contributed by atoms with van der Waals surface area (Å²) in [5, 5.41) is -0.206. The summed E-state index contributed by atoms with van der Waals surface area (Å²) in [5.74, 6) is 0. The Hall–Kier alpha value is -1.57. The number of fused-ring (bicyclic) bond motifs is 1. The predicted molar refractivity (Wildman–Crippen MR) is 62.6 cm³/mol. The largest absolute Gasteiger partial charge is 0.417 e. The maximum absolute atomic E-state index is 12.8. The average molecular weight is 323 g/mol. The monoisotopic (exact) mass is 322 g/mol. The van der Waals surface area contributed by atoms with Crippen molar-refractivity contribution in [2.75, 3.05) is 0 Å². The zero-order chi connectivity index (χ0) is 13.7. The van der Waals surface area contributed by atoms with Gasteiger partial charge in [0.15, 0.2) is 0 Å². The fourth-order valence-corrected chi connectivity index (χ4v) is 2.19. The second-order valence-electron chi connectivity index (χ2n) is 3.69. The van der Waals surface area contributed by atoms with Crippen LogP contribution in [0.4, 0.5) is 13.2 Å². The van der Waals surface area contributed by atoms with Gasteiger partial charge in [-0.25, -0.2) is 4.79 Å². The minimum absolute atomic E-state index is 0.0867. The molecular formula is C10H6BrF3N2O2. The molecule has 96 valence electrons. The van der Waals surface area contributed by atoms with E-state index in [1.807, 2.05) is 4.98 Å². The molecule has 1 aromatic heterocycles. The number of alkyl halides is 3. The zero-order valence-electron chi connectivity index (χ0n) is 8.91. The van der Waals surface area contributed by atoms with Crippen LogP contribution in [0.1, 0.15) is 11.1 Å². The Morgan fingerprint density at radius 1 is 1.22 bits per heavy atom. The second-order valence-corrected chi connectivity index (χ2v) is 4.48. The molecule has 0 unspecified atom stereocenters. The first-order valence-corrected chi connectivity index (χ1v) is 5.53. The van der Waals surface area contributed by atoms with Crippen LogP contribution in [0.2, 0.25) is 0 Å². The van der Waals surface area contributed by atoms with E-state index in [0.717, 1.165) is 0 Å². The normalized spacial score (nSPS) is 12.1. The zero-order valence-corrected chi connectivity index (χ0v) is 10.5. The SMILES string of the molecule is Cc1c(Br)c(C(F)(F)F)cc2c(=O)[nH]c(=O)[nH]c12. The molecule has 0 aliphatic carbocycles. The van der Waals surface area contributed by atoms with Gasteiger partial charge >= 0.3 is 11.9 Å². The number of aryl methyl sites for hydroxylation is 1. The van der Waals surface area contributed by atoms with Crippen LogP contribution < -0.4 is 11.2 Å². The van der Waals surface area contributed by atoms with Crippen molar-refractivity contribution in [3.8, 4) is 0 Å². The first-order valence-electron chi connectivity index (χ1n) is 4.74. The van der Waals surface area contributed by atoms with E-state index >= 15 is 0 Å². The topological polar surface area (TPSA) is 65.7 Å². The molecule has 0 bridgehead atoms. The average Bonchev–Trinajstić information content (AvgIpc) is 2.22. The summed E-state index contributed by atoms with van der Waals surface area (Å²) in [4.78, 5) is 26.8. The highest BCUT2D eigenvalue weighted by Crippen LogP contribution is 2.38. The molecule has 0 atom stereocenters. The number of H-pyrrole nitrogens is 2. The summed E-state index contributed by atoms with van der Waals surface area (Å²) in [6.07, 6.45) is -4.58. The molecule has 2 N–H and O–H groups in total. The van der Waals surface area contributed by atoms with Crippen molar-refractivity contribution in [2.45, 2.75) is 13.1 Å². The molecule has 0 amide bonds. The summed E-state index contributed by atoms with van der Waals surface area (Å²) >= 11 is 2.83. The first kappa shape index (κ1) is 12.9. The Balaban J connectivity index is 3.02. The van der Waals surface area contributed by atoms with Gasteiger partial charge in [0.2, 0.25) is 0 Å². The Morgan fingerprint density at radius 3 is 2.39 bits per heavy atom. The van der Waals surface area contributed by atoms with Gasteiger partial charge < -0.3 is 4.98 Å². The number of aromatic nitrogens is 2. The molecule has 0 aliphatic rings. The third-order valence-electron chi connectivity index (χ3n) is 2.51. The van der Waals surface area contributed by atoms with Gasteiger partial charge in [-0.15, -0.1) is 0 Å². The van der Waals surface area contributed by atoms with E-state index in [-0.39, 0.29) is 20.9 Å². The number of nitrogens with one attached hydrogen (secondary N) is 2. The van der Waals surface area contributed by atoms with Gasteiger partial charge in [0.25, 0.3) is 5.56 Å². The smallest absolute Gasteiger partial charge is 0.307 e. The van der Waals surface area contributed by atoms with E-state index in [1.165, 1.54) is 6.92 Å².